The Bertz CT molecular complexity index is 496. The van der Waals surface area contributed by atoms with E-state index in [9.17, 15) is 0 Å². The van der Waals surface area contributed by atoms with Gasteiger partial charge in [0.25, 0.3) is 0 Å². The van der Waals surface area contributed by atoms with Crippen LogP contribution in [-0.4, -0.2) is 6.04 Å². The van der Waals surface area contributed by atoms with Gasteiger partial charge in [-0.1, -0.05) is 49.4 Å². The standard InChI is InChI=1S/C17H21NO/c1-2-16(18)11-15-9-6-10-17(12-15)19-13-14-7-4-3-5-8-14/h3-10,12,16H,2,11,13,18H2,1H3. The van der Waals surface area contributed by atoms with E-state index in [0.717, 1.165) is 18.6 Å². The zero-order chi connectivity index (χ0) is 13.5. The van der Waals surface area contributed by atoms with Crippen LogP contribution in [0.2, 0.25) is 0 Å². The van der Waals surface area contributed by atoms with Gasteiger partial charge in [-0.2, -0.15) is 0 Å². The van der Waals surface area contributed by atoms with Gasteiger partial charge in [0.1, 0.15) is 12.4 Å². The topological polar surface area (TPSA) is 35.2 Å². The van der Waals surface area contributed by atoms with Crippen molar-refractivity contribution in [2.24, 2.45) is 5.73 Å². The Labute approximate surface area is 115 Å². The van der Waals surface area contributed by atoms with Crippen molar-refractivity contribution in [3.8, 4) is 5.75 Å². The van der Waals surface area contributed by atoms with E-state index in [4.69, 9.17) is 10.5 Å². The molecule has 2 rings (SSSR count). The van der Waals surface area contributed by atoms with Crippen molar-refractivity contribution >= 4 is 0 Å². The number of benzene rings is 2. The summed E-state index contributed by atoms with van der Waals surface area (Å²) in [6.45, 7) is 2.71. The minimum atomic E-state index is 0.226. The largest absolute Gasteiger partial charge is 0.489 e. The van der Waals surface area contributed by atoms with E-state index in [1.165, 1.54) is 11.1 Å². The van der Waals surface area contributed by atoms with Crippen molar-refractivity contribution in [1.29, 1.82) is 0 Å². The first-order valence-corrected chi connectivity index (χ1v) is 6.79. The molecule has 0 bridgehead atoms. The molecule has 1 unspecified atom stereocenters. The first-order valence-electron chi connectivity index (χ1n) is 6.79. The van der Waals surface area contributed by atoms with Crippen LogP contribution in [-0.2, 0) is 13.0 Å². The first kappa shape index (κ1) is 13.6. The highest BCUT2D eigenvalue weighted by Crippen LogP contribution is 2.16. The van der Waals surface area contributed by atoms with Crippen LogP contribution >= 0.6 is 0 Å². The molecule has 1 atom stereocenters. The Morgan fingerprint density at radius 1 is 1.00 bits per heavy atom. The monoisotopic (exact) mass is 255 g/mol. The first-order chi connectivity index (χ1) is 9.28. The summed E-state index contributed by atoms with van der Waals surface area (Å²) < 4.78 is 5.81. The van der Waals surface area contributed by atoms with Crippen molar-refractivity contribution in [1.82, 2.24) is 0 Å². The van der Waals surface area contributed by atoms with E-state index in [2.05, 4.69) is 31.2 Å². The maximum Gasteiger partial charge on any atom is 0.120 e. The molecular weight excluding hydrogens is 234 g/mol. The molecule has 0 amide bonds. The van der Waals surface area contributed by atoms with Crippen molar-refractivity contribution in [2.75, 3.05) is 0 Å². The minimum absolute atomic E-state index is 0.226. The molecule has 100 valence electrons. The van der Waals surface area contributed by atoms with E-state index >= 15 is 0 Å². The molecule has 2 nitrogen and oxygen atoms in total. The van der Waals surface area contributed by atoms with Crippen LogP contribution in [0.15, 0.2) is 54.6 Å². The lowest BCUT2D eigenvalue weighted by molar-refractivity contribution is 0.306. The van der Waals surface area contributed by atoms with Gasteiger partial charge in [0.05, 0.1) is 0 Å². The second-order valence-corrected chi connectivity index (χ2v) is 4.79. The summed E-state index contributed by atoms with van der Waals surface area (Å²) >= 11 is 0. The van der Waals surface area contributed by atoms with Gasteiger partial charge in [-0.25, -0.2) is 0 Å². The molecule has 0 aliphatic heterocycles. The van der Waals surface area contributed by atoms with Crippen LogP contribution in [0.25, 0.3) is 0 Å². The van der Waals surface area contributed by atoms with Crippen LogP contribution in [0.4, 0.5) is 0 Å². The Balaban J connectivity index is 1.95. The molecule has 0 aromatic heterocycles. The third kappa shape index (κ3) is 4.42. The van der Waals surface area contributed by atoms with Crippen LogP contribution in [0.5, 0.6) is 5.75 Å². The van der Waals surface area contributed by atoms with Crippen LogP contribution < -0.4 is 10.5 Å². The Morgan fingerprint density at radius 3 is 2.47 bits per heavy atom. The minimum Gasteiger partial charge on any atom is -0.489 e. The van der Waals surface area contributed by atoms with E-state index in [1.54, 1.807) is 0 Å². The van der Waals surface area contributed by atoms with Gasteiger partial charge in [-0.15, -0.1) is 0 Å². The number of hydrogen-bond donors (Lipinski definition) is 1. The fourth-order valence-corrected chi connectivity index (χ4v) is 1.95. The third-order valence-corrected chi connectivity index (χ3v) is 3.17. The van der Waals surface area contributed by atoms with Crippen LogP contribution in [0.1, 0.15) is 24.5 Å². The zero-order valence-electron chi connectivity index (χ0n) is 11.4. The van der Waals surface area contributed by atoms with Gasteiger partial charge in [-0.3, -0.25) is 0 Å². The second-order valence-electron chi connectivity index (χ2n) is 4.79. The number of hydrogen-bond acceptors (Lipinski definition) is 2. The van der Waals surface area contributed by atoms with Crippen molar-refractivity contribution < 1.29 is 4.74 Å². The number of nitrogens with two attached hydrogens (primary N) is 1. The summed E-state index contributed by atoms with van der Waals surface area (Å²) in [6, 6.07) is 18.6. The van der Waals surface area contributed by atoms with E-state index in [1.807, 2.05) is 30.3 Å². The maximum absolute atomic E-state index is 5.98. The molecule has 0 fully saturated rings. The van der Waals surface area contributed by atoms with Crippen molar-refractivity contribution in [3.63, 3.8) is 0 Å². The van der Waals surface area contributed by atoms with Gasteiger partial charge >= 0.3 is 0 Å². The Hall–Kier alpha value is -1.80. The molecule has 2 aromatic carbocycles. The summed E-state index contributed by atoms with van der Waals surface area (Å²) in [6.07, 6.45) is 1.90. The van der Waals surface area contributed by atoms with E-state index in [-0.39, 0.29) is 6.04 Å². The molecule has 0 saturated carbocycles. The summed E-state index contributed by atoms with van der Waals surface area (Å²) in [5, 5.41) is 0. The lowest BCUT2D eigenvalue weighted by atomic mass is 10.0. The average molecular weight is 255 g/mol. The highest BCUT2D eigenvalue weighted by atomic mass is 16.5. The molecule has 0 aliphatic rings. The number of rotatable bonds is 6. The quantitative estimate of drug-likeness (QED) is 0.856. The molecule has 0 heterocycles. The Morgan fingerprint density at radius 2 is 1.74 bits per heavy atom. The van der Waals surface area contributed by atoms with Crippen molar-refractivity contribution in [2.45, 2.75) is 32.4 Å². The third-order valence-electron chi connectivity index (χ3n) is 3.17. The highest BCUT2D eigenvalue weighted by molar-refractivity contribution is 5.29. The molecule has 0 aliphatic carbocycles. The smallest absolute Gasteiger partial charge is 0.120 e. The molecular formula is C17H21NO. The molecule has 0 radical (unpaired) electrons. The van der Waals surface area contributed by atoms with E-state index < -0.39 is 0 Å². The molecule has 0 saturated heterocycles. The summed E-state index contributed by atoms with van der Waals surface area (Å²) in [7, 11) is 0. The molecule has 19 heavy (non-hydrogen) atoms. The average Bonchev–Trinajstić information content (AvgIpc) is 2.46. The predicted octanol–water partition coefficient (Wildman–Crippen LogP) is 3.55. The highest BCUT2D eigenvalue weighted by Gasteiger charge is 2.03. The number of ether oxygens (including phenoxy) is 1. The van der Waals surface area contributed by atoms with Gasteiger partial charge in [-0.05, 0) is 36.1 Å². The van der Waals surface area contributed by atoms with Gasteiger partial charge in [0, 0.05) is 6.04 Å². The molecule has 2 heteroatoms. The maximum atomic E-state index is 5.98. The summed E-state index contributed by atoms with van der Waals surface area (Å²) in [5.41, 5.74) is 8.39. The zero-order valence-corrected chi connectivity index (χ0v) is 11.4. The lowest BCUT2D eigenvalue weighted by Crippen LogP contribution is -2.21. The lowest BCUT2D eigenvalue weighted by Gasteiger charge is -2.11. The van der Waals surface area contributed by atoms with Crippen LogP contribution in [0.3, 0.4) is 0 Å². The fraction of sp³-hybridized carbons (Fsp3) is 0.294. The van der Waals surface area contributed by atoms with E-state index in [0.29, 0.717) is 6.61 Å². The molecule has 2 N–H and O–H groups in total. The molecule has 2 aromatic rings. The normalized spacial score (nSPS) is 12.1. The predicted molar refractivity (Wildman–Crippen MR) is 79.2 cm³/mol. The summed E-state index contributed by atoms with van der Waals surface area (Å²) in [4.78, 5) is 0. The second kappa shape index (κ2) is 6.95. The molecule has 0 spiro atoms. The fourth-order valence-electron chi connectivity index (χ4n) is 1.95. The SMILES string of the molecule is CCC(N)Cc1cccc(OCc2ccccc2)c1. The van der Waals surface area contributed by atoms with Crippen LogP contribution in [0, 0.1) is 0 Å². The van der Waals surface area contributed by atoms with Gasteiger partial charge < -0.3 is 10.5 Å². The van der Waals surface area contributed by atoms with Crippen molar-refractivity contribution in [3.05, 3.63) is 65.7 Å². The van der Waals surface area contributed by atoms with Gasteiger partial charge in [0.2, 0.25) is 0 Å². The van der Waals surface area contributed by atoms with Gasteiger partial charge in [0.15, 0.2) is 0 Å². The summed E-state index contributed by atoms with van der Waals surface area (Å²) in [5.74, 6) is 0.907. The Kier molecular flexibility index (Phi) is 4.99.